The van der Waals surface area contributed by atoms with Gasteiger partial charge < -0.3 is 10.6 Å². The quantitative estimate of drug-likeness (QED) is 0.686. The second-order valence-corrected chi connectivity index (χ2v) is 3.94. The van der Waals surface area contributed by atoms with E-state index in [9.17, 15) is 9.18 Å². The molecule has 0 saturated carbocycles. The first-order chi connectivity index (χ1) is 7.06. The number of carbonyl (C=O) groups excluding carboxylic acids is 1. The lowest BCUT2D eigenvalue weighted by Crippen LogP contribution is -2.18. The van der Waals surface area contributed by atoms with Crippen molar-refractivity contribution in [3.8, 4) is 0 Å². The summed E-state index contributed by atoms with van der Waals surface area (Å²) in [7, 11) is 0. The predicted molar refractivity (Wildman–Crippen MR) is 57.5 cm³/mol. The van der Waals surface area contributed by atoms with Crippen LogP contribution < -0.4 is 10.6 Å². The van der Waals surface area contributed by atoms with Crippen LogP contribution in [-0.4, -0.2) is 11.9 Å². The SMILES string of the molecule is Cc1cc2c(cc1F)NC(C)CC(=O)N2. The van der Waals surface area contributed by atoms with E-state index in [4.69, 9.17) is 0 Å². The Labute approximate surface area is 87.7 Å². The van der Waals surface area contributed by atoms with Gasteiger partial charge in [0.05, 0.1) is 11.4 Å². The summed E-state index contributed by atoms with van der Waals surface area (Å²) in [6, 6.07) is 3.09. The molecule has 80 valence electrons. The molecule has 4 heteroatoms. The fraction of sp³-hybridized carbons (Fsp3) is 0.364. The van der Waals surface area contributed by atoms with Crippen molar-refractivity contribution in [3.05, 3.63) is 23.5 Å². The van der Waals surface area contributed by atoms with Gasteiger partial charge in [-0.2, -0.15) is 0 Å². The fourth-order valence-corrected chi connectivity index (χ4v) is 1.70. The van der Waals surface area contributed by atoms with Crippen LogP contribution >= 0.6 is 0 Å². The van der Waals surface area contributed by atoms with Crippen LogP contribution in [0, 0.1) is 12.7 Å². The fourth-order valence-electron chi connectivity index (χ4n) is 1.70. The molecule has 1 heterocycles. The van der Waals surface area contributed by atoms with Crippen LogP contribution in [0.1, 0.15) is 18.9 Å². The van der Waals surface area contributed by atoms with Gasteiger partial charge in [0, 0.05) is 12.5 Å². The molecule has 3 nitrogen and oxygen atoms in total. The Morgan fingerprint density at radius 3 is 2.87 bits per heavy atom. The highest BCUT2D eigenvalue weighted by atomic mass is 19.1. The van der Waals surface area contributed by atoms with Crippen LogP contribution in [0.2, 0.25) is 0 Å². The van der Waals surface area contributed by atoms with Gasteiger partial charge in [0.2, 0.25) is 5.91 Å². The van der Waals surface area contributed by atoms with Gasteiger partial charge in [-0.15, -0.1) is 0 Å². The van der Waals surface area contributed by atoms with Crippen LogP contribution in [0.15, 0.2) is 12.1 Å². The first-order valence-electron chi connectivity index (χ1n) is 4.93. The van der Waals surface area contributed by atoms with Crippen LogP contribution in [-0.2, 0) is 4.79 Å². The Morgan fingerprint density at radius 1 is 1.40 bits per heavy atom. The second kappa shape index (κ2) is 3.53. The molecule has 2 N–H and O–H groups in total. The molecule has 0 bridgehead atoms. The zero-order chi connectivity index (χ0) is 11.0. The van der Waals surface area contributed by atoms with E-state index in [0.29, 0.717) is 23.4 Å². The average Bonchev–Trinajstić information content (AvgIpc) is 2.24. The van der Waals surface area contributed by atoms with Gasteiger partial charge in [-0.25, -0.2) is 4.39 Å². The highest BCUT2D eigenvalue weighted by Crippen LogP contribution is 2.28. The molecule has 0 aliphatic carbocycles. The molecule has 1 unspecified atom stereocenters. The number of amides is 1. The van der Waals surface area contributed by atoms with Crippen molar-refractivity contribution in [2.45, 2.75) is 26.3 Å². The number of aryl methyl sites for hydroxylation is 1. The number of anilines is 2. The third kappa shape index (κ3) is 1.93. The first kappa shape index (κ1) is 9.96. The monoisotopic (exact) mass is 208 g/mol. The van der Waals surface area contributed by atoms with E-state index in [1.165, 1.54) is 6.07 Å². The maximum absolute atomic E-state index is 13.3. The molecule has 0 spiro atoms. The van der Waals surface area contributed by atoms with Gasteiger partial charge in [0.15, 0.2) is 0 Å². The average molecular weight is 208 g/mol. The van der Waals surface area contributed by atoms with Crippen molar-refractivity contribution >= 4 is 17.3 Å². The molecule has 1 amide bonds. The van der Waals surface area contributed by atoms with Gasteiger partial charge in [0.1, 0.15) is 5.82 Å². The summed E-state index contributed by atoms with van der Waals surface area (Å²) >= 11 is 0. The summed E-state index contributed by atoms with van der Waals surface area (Å²) in [5, 5.41) is 5.85. The molecular formula is C11H13FN2O. The predicted octanol–water partition coefficient (Wildman–Crippen LogP) is 2.28. The van der Waals surface area contributed by atoms with Gasteiger partial charge in [-0.3, -0.25) is 4.79 Å². The highest BCUT2D eigenvalue weighted by Gasteiger charge is 2.18. The standard InChI is InChI=1S/C11H13FN2O/c1-6-3-9-10(5-8(6)12)13-7(2)4-11(15)14-9/h3,5,7,13H,4H2,1-2H3,(H,14,15). The van der Waals surface area contributed by atoms with Crippen LogP contribution in [0.4, 0.5) is 15.8 Å². The normalized spacial score (nSPS) is 19.9. The Kier molecular flexibility index (Phi) is 2.34. The van der Waals surface area contributed by atoms with Crippen molar-refractivity contribution in [1.29, 1.82) is 0 Å². The number of halogens is 1. The molecule has 1 aromatic carbocycles. The van der Waals surface area contributed by atoms with Crippen molar-refractivity contribution < 1.29 is 9.18 Å². The second-order valence-electron chi connectivity index (χ2n) is 3.94. The molecule has 1 aliphatic rings. The maximum Gasteiger partial charge on any atom is 0.226 e. The zero-order valence-corrected chi connectivity index (χ0v) is 8.73. The van der Waals surface area contributed by atoms with Crippen LogP contribution in [0.3, 0.4) is 0 Å². The van der Waals surface area contributed by atoms with Crippen molar-refractivity contribution in [2.24, 2.45) is 0 Å². The Balaban J connectivity index is 2.46. The van der Waals surface area contributed by atoms with E-state index in [1.807, 2.05) is 6.92 Å². The lowest BCUT2D eigenvalue weighted by Gasteiger charge is -2.12. The Bertz CT molecular complexity index is 417. The van der Waals surface area contributed by atoms with E-state index in [2.05, 4.69) is 10.6 Å². The van der Waals surface area contributed by atoms with E-state index in [-0.39, 0.29) is 17.8 Å². The summed E-state index contributed by atoms with van der Waals surface area (Å²) in [5.74, 6) is -0.302. The molecule has 0 radical (unpaired) electrons. The van der Waals surface area contributed by atoms with Gasteiger partial charge in [-0.1, -0.05) is 0 Å². The summed E-state index contributed by atoms with van der Waals surface area (Å²) < 4.78 is 13.3. The summed E-state index contributed by atoms with van der Waals surface area (Å²) in [6.07, 6.45) is 0.398. The molecule has 1 aromatic rings. The number of nitrogens with one attached hydrogen (secondary N) is 2. The molecule has 0 saturated heterocycles. The Hall–Kier alpha value is -1.58. The number of benzene rings is 1. The van der Waals surface area contributed by atoms with E-state index >= 15 is 0 Å². The van der Waals surface area contributed by atoms with Gasteiger partial charge >= 0.3 is 0 Å². The van der Waals surface area contributed by atoms with E-state index in [0.717, 1.165) is 0 Å². The number of carbonyl (C=O) groups is 1. The van der Waals surface area contributed by atoms with Gasteiger partial charge in [-0.05, 0) is 31.5 Å². The summed E-state index contributed by atoms with van der Waals surface area (Å²) in [6.45, 7) is 3.57. The maximum atomic E-state index is 13.3. The van der Waals surface area contributed by atoms with E-state index < -0.39 is 0 Å². The number of hydrogen-bond acceptors (Lipinski definition) is 2. The minimum Gasteiger partial charge on any atom is -0.380 e. The molecule has 1 aliphatic heterocycles. The number of hydrogen-bond donors (Lipinski definition) is 2. The lowest BCUT2D eigenvalue weighted by atomic mass is 10.1. The molecule has 15 heavy (non-hydrogen) atoms. The minimum absolute atomic E-state index is 0.0216. The third-order valence-corrected chi connectivity index (χ3v) is 2.47. The summed E-state index contributed by atoms with van der Waals surface area (Å²) in [4.78, 5) is 11.4. The molecule has 2 rings (SSSR count). The molecule has 1 atom stereocenters. The third-order valence-electron chi connectivity index (χ3n) is 2.47. The topological polar surface area (TPSA) is 41.1 Å². The Morgan fingerprint density at radius 2 is 2.13 bits per heavy atom. The van der Waals surface area contributed by atoms with Crippen molar-refractivity contribution in [3.63, 3.8) is 0 Å². The van der Waals surface area contributed by atoms with Crippen molar-refractivity contribution in [2.75, 3.05) is 10.6 Å². The molecular weight excluding hydrogens is 195 g/mol. The molecule has 0 fully saturated rings. The van der Waals surface area contributed by atoms with Gasteiger partial charge in [0.25, 0.3) is 0 Å². The molecule has 0 aromatic heterocycles. The zero-order valence-electron chi connectivity index (χ0n) is 8.73. The number of fused-ring (bicyclic) bond motifs is 1. The summed E-state index contributed by atoms with van der Waals surface area (Å²) in [5.41, 5.74) is 1.84. The highest BCUT2D eigenvalue weighted by molar-refractivity contribution is 5.96. The number of rotatable bonds is 0. The van der Waals surface area contributed by atoms with Crippen LogP contribution in [0.25, 0.3) is 0 Å². The minimum atomic E-state index is -0.260. The smallest absolute Gasteiger partial charge is 0.226 e. The van der Waals surface area contributed by atoms with Crippen LogP contribution in [0.5, 0.6) is 0 Å². The largest absolute Gasteiger partial charge is 0.380 e. The first-order valence-corrected chi connectivity index (χ1v) is 4.93. The van der Waals surface area contributed by atoms with E-state index in [1.54, 1.807) is 13.0 Å². The lowest BCUT2D eigenvalue weighted by molar-refractivity contribution is -0.116. The van der Waals surface area contributed by atoms with Crippen molar-refractivity contribution in [1.82, 2.24) is 0 Å².